The van der Waals surface area contributed by atoms with E-state index in [4.69, 9.17) is 4.42 Å². The number of nitrogens with one attached hydrogen (secondary N) is 1. The maximum absolute atomic E-state index is 12.2. The van der Waals surface area contributed by atoms with E-state index in [0.717, 1.165) is 0 Å². The summed E-state index contributed by atoms with van der Waals surface area (Å²) < 4.78 is 30.3. The monoisotopic (exact) mass is 314 g/mol. The number of rotatable bonds is 5. The van der Waals surface area contributed by atoms with Gasteiger partial charge >= 0.3 is 0 Å². The molecule has 1 amide bonds. The molecule has 0 unspecified atom stereocenters. The summed E-state index contributed by atoms with van der Waals surface area (Å²) in [5, 5.41) is 2.92. The van der Waals surface area contributed by atoms with Gasteiger partial charge in [0.25, 0.3) is 0 Å². The lowest BCUT2D eigenvalue weighted by molar-refractivity contribution is -0.126. The lowest BCUT2D eigenvalue weighted by Gasteiger charge is -2.30. The molecular weight excluding hydrogens is 292 g/mol. The highest BCUT2D eigenvalue weighted by Crippen LogP contribution is 2.21. The van der Waals surface area contributed by atoms with Gasteiger partial charge in [-0.3, -0.25) is 4.79 Å². The van der Waals surface area contributed by atoms with Crippen molar-refractivity contribution in [1.82, 2.24) is 9.62 Å². The quantitative estimate of drug-likeness (QED) is 0.893. The molecule has 7 heteroatoms. The third-order valence-corrected chi connectivity index (χ3v) is 5.79. The van der Waals surface area contributed by atoms with Gasteiger partial charge in [-0.25, -0.2) is 12.7 Å². The second-order valence-electron chi connectivity index (χ2n) is 5.32. The molecule has 0 spiro atoms. The lowest BCUT2D eigenvalue weighted by Crippen LogP contribution is -2.43. The van der Waals surface area contributed by atoms with Crippen LogP contribution in [0.4, 0.5) is 0 Å². The molecule has 1 saturated heterocycles. The van der Waals surface area contributed by atoms with E-state index in [0.29, 0.717) is 31.7 Å². The van der Waals surface area contributed by atoms with Crippen LogP contribution in [0.25, 0.3) is 0 Å². The number of carbonyl (C=O) groups excluding carboxylic acids is 1. The van der Waals surface area contributed by atoms with Crippen molar-refractivity contribution in [2.45, 2.75) is 32.7 Å². The molecule has 2 rings (SSSR count). The van der Waals surface area contributed by atoms with Crippen LogP contribution in [0.1, 0.15) is 38.5 Å². The zero-order valence-electron chi connectivity index (χ0n) is 12.4. The van der Waals surface area contributed by atoms with Crippen LogP contribution >= 0.6 is 0 Å². The van der Waals surface area contributed by atoms with E-state index in [1.54, 1.807) is 19.3 Å². The van der Waals surface area contributed by atoms with Gasteiger partial charge in [0.15, 0.2) is 0 Å². The van der Waals surface area contributed by atoms with Gasteiger partial charge in [-0.15, -0.1) is 0 Å². The van der Waals surface area contributed by atoms with E-state index in [2.05, 4.69) is 5.32 Å². The van der Waals surface area contributed by atoms with Gasteiger partial charge in [0, 0.05) is 19.0 Å². The zero-order chi connectivity index (χ0) is 15.5. The topological polar surface area (TPSA) is 79.6 Å². The van der Waals surface area contributed by atoms with Crippen molar-refractivity contribution in [2.24, 2.45) is 5.92 Å². The molecule has 1 aliphatic rings. The van der Waals surface area contributed by atoms with E-state index in [1.165, 1.54) is 4.31 Å². The van der Waals surface area contributed by atoms with Gasteiger partial charge in [-0.05, 0) is 38.8 Å². The molecule has 1 aromatic rings. The third-order valence-electron chi connectivity index (χ3n) is 3.91. The molecule has 0 bridgehead atoms. The Morgan fingerprint density at radius 2 is 2.14 bits per heavy atom. The van der Waals surface area contributed by atoms with E-state index in [9.17, 15) is 13.2 Å². The molecule has 118 valence electrons. The Morgan fingerprint density at radius 3 is 2.67 bits per heavy atom. The van der Waals surface area contributed by atoms with Crippen LogP contribution in [-0.2, 0) is 14.8 Å². The fourth-order valence-corrected chi connectivity index (χ4v) is 3.65. The molecule has 0 saturated carbocycles. The first kappa shape index (κ1) is 16.0. The molecule has 1 aliphatic heterocycles. The molecule has 1 atom stereocenters. The Balaban J connectivity index is 1.86. The summed E-state index contributed by atoms with van der Waals surface area (Å²) in [5.41, 5.74) is 0. The van der Waals surface area contributed by atoms with Crippen molar-refractivity contribution in [3.63, 3.8) is 0 Å². The summed E-state index contributed by atoms with van der Waals surface area (Å²) >= 11 is 0. The maximum atomic E-state index is 12.2. The summed E-state index contributed by atoms with van der Waals surface area (Å²) in [6.07, 6.45) is 2.71. The van der Waals surface area contributed by atoms with Crippen molar-refractivity contribution in [2.75, 3.05) is 18.8 Å². The SMILES string of the molecule is CCS(=O)(=O)N1CCC(C(=O)N[C@@H](C)c2ccco2)CC1. The Bertz CT molecular complexity index is 560. The molecule has 0 radical (unpaired) electrons. The first-order valence-electron chi connectivity index (χ1n) is 7.25. The van der Waals surface area contributed by atoms with Crippen molar-refractivity contribution in [3.05, 3.63) is 24.2 Å². The Kier molecular flexibility index (Phi) is 5.05. The van der Waals surface area contributed by atoms with Crippen LogP contribution in [-0.4, -0.2) is 37.5 Å². The average Bonchev–Trinajstić information content (AvgIpc) is 3.01. The van der Waals surface area contributed by atoms with Crippen molar-refractivity contribution in [1.29, 1.82) is 0 Å². The molecule has 2 heterocycles. The van der Waals surface area contributed by atoms with Crippen molar-refractivity contribution in [3.8, 4) is 0 Å². The maximum Gasteiger partial charge on any atom is 0.223 e. The first-order valence-corrected chi connectivity index (χ1v) is 8.86. The lowest BCUT2D eigenvalue weighted by atomic mass is 9.97. The molecule has 1 N–H and O–H groups in total. The van der Waals surface area contributed by atoms with Gasteiger partial charge in [0.05, 0.1) is 18.1 Å². The van der Waals surface area contributed by atoms with Crippen LogP contribution in [0.5, 0.6) is 0 Å². The van der Waals surface area contributed by atoms with Crippen molar-refractivity contribution < 1.29 is 17.6 Å². The highest BCUT2D eigenvalue weighted by Gasteiger charge is 2.30. The fourth-order valence-electron chi connectivity index (χ4n) is 2.52. The number of hydrogen-bond acceptors (Lipinski definition) is 4. The molecular formula is C14H22N2O4S. The Labute approximate surface area is 125 Å². The highest BCUT2D eigenvalue weighted by atomic mass is 32.2. The second kappa shape index (κ2) is 6.62. The van der Waals surface area contributed by atoms with Crippen LogP contribution < -0.4 is 5.32 Å². The van der Waals surface area contributed by atoms with Crippen LogP contribution in [0, 0.1) is 5.92 Å². The van der Waals surface area contributed by atoms with E-state index in [1.807, 2.05) is 13.0 Å². The third kappa shape index (κ3) is 3.85. The van der Waals surface area contributed by atoms with Crippen LogP contribution in [0.2, 0.25) is 0 Å². The minimum absolute atomic E-state index is 0.0348. The minimum Gasteiger partial charge on any atom is -0.467 e. The van der Waals surface area contributed by atoms with Gasteiger partial charge in [0.2, 0.25) is 15.9 Å². The standard InChI is InChI=1S/C14H22N2O4S/c1-3-21(18,19)16-8-6-12(7-9-16)14(17)15-11(2)13-5-4-10-20-13/h4-5,10-12H,3,6-9H2,1-2H3,(H,15,17)/t11-/m0/s1. The van der Waals surface area contributed by atoms with Gasteiger partial charge < -0.3 is 9.73 Å². The van der Waals surface area contributed by atoms with E-state index in [-0.39, 0.29) is 23.6 Å². The van der Waals surface area contributed by atoms with Gasteiger partial charge in [-0.2, -0.15) is 0 Å². The summed E-state index contributed by atoms with van der Waals surface area (Å²) in [6.45, 7) is 4.35. The summed E-state index contributed by atoms with van der Waals surface area (Å²) in [6, 6.07) is 3.43. The average molecular weight is 314 g/mol. The Morgan fingerprint density at radius 1 is 1.48 bits per heavy atom. The first-order chi connectivity index (χ1) is 9.94. The largest absolute Gasteiger partial charge is 0.467 e. The molecule has 1 aromatic heterocycles. The number of nitrogens with zero attached hydrogens (tertiary/aromatic N) is 1. The molecule has 6 nitrogen and oxygen atoms in total. The van der Waals surface area contributed by atoms with Crippen LogP contribution in [0.15, 0.2) is 22.8 Å². The molecule has 21 heavy (non-hydrogen) atoms. The second-order valence-corrected chi connectivity index (χ2v) is 7.58. The number of furan rings is 1. The number of piperidine rings is 1. The predicted octanol–water partition coefficient (Wildman–Crippen LogP) is 1.52. The van der Waals surface area contributed by atoms with E-state index >= 15 is 0 Å². The summed E-state index contributed by atoms with van der Waals surface area (Å²) in [7, 11) is -3.14. The molecule has 0 aromatic carbocycles. The molecule has 0 aliphatic carbocycles. The summed E-state index contributed by atoms with van der Waals surface area (Å²) in [4.78, 5) is 12.2. The molecule has 1 fully saturated rings. The number of sulfonamides is 1. The van der Waals surface area contributed by atoms with Gasteiger partial charge in [-0.1, -0.05) is 0 Å². The van der Waals surface area contributed by atoms with Gasteiger partial charge in [0.1, 0.15) is 5.76 Å². The van der Waals surface area contributed by atoms with E-state index < -0.39 is 10.0 Å². The number of carbonyl (C=O) groups is 1. The van der Waals surface area contributed by atoms with Crippen LogP contribution in [0.3, 0.4) is 0 Å². The number of hydrogen-bond donors (Lipinski definition) is 1. The predicted molar refractivity (Wildman–Crippen MR) is 79.0 cm³/mol. The fraction of sp³-hybridized carbons (Fsp3) is 0.643. The normalized spacial score (nSPS) is 19.3. The summed E-state index contributed by atoms with van der Waals surface area (Å²) in [5.74, 6) is 0.659. The number of amides is 1. The van der Waals surface area contributed by atoms with Crippen molar-refractivity contribution >= 4 is 15.9 Å². The highest BCUT2D eigenvalue weighted by molar-refractivity contribution is 7.89. The smallest absolute Gasteiger partial charge is 0.223 e. The zero-order valence-corrected chi connectivity index (χ0v) is 13.2. The Hall–Kier alpha value is -1.34. The minimum atomic E-state index is -3.14.